The van der Waals surface area contributed by atoms with Crippen LogP contribution in [0.5, 0.6) is 0 Å². The Morgan fingerprint density at radius 1 is 1.32 bits per heavy atom. The summed E-state index contributed by atoms with van der Waals surface area (Å²) in [6, 6.07) is 1.71. The summed E-state index contributed by atoms with van der Waals surface area (Å²) < 4.78 is 1.54. The zero-order valence-corrected chi connectivity index (χ0v) is 13.4. The predicted octanol–water partition coefficient (Wildman–Crippen LogP) is 1.23. The molecular formula is C16H20N4O2. The maximum Gasteiger partial charge on any atom is 0.263 e. The Bertz CT molecular complexity index is 816. The fraction of sp³-hybridized carbons (Fsp3) is 0.438. The number of amides is 1. The van der Waals surface area contributed by atoms with Crippen LogP contribution in [-0.4, -0.2) is 32.1 Å². The molecule has 0 radical (unpaired) electrons. The second kappa shape index (κ2) is 5.12. The summed E-state index contributed by atoms with van der Waals surface area (Å²) in [5.74, 6) is -0.199. The van der Waals surface area contributed by atoms with Gasteiger partial charge in [-0.05, 0) is 32.4 Å². The number of H-pyrrole nitrogens is 1. The second-order valence-electron chi connectivity index (χ2n) is 5.94. The summed E-state index contributed by atoms with van der Waals surface area (Å²) in [5.41, 5.74) is 4.92. The van der Waals surface area contributed by atoms with Gasteiger partial charge in [-0.2, -0.15) is 5.10 Å². The molecule has 0 spiro atoms. The third kappa shape index (κ3) is 2.15. The molecule has 0 saturated heterocycles. The van der Waals surface area contributed by atoms with Crippen LogP contribution >= 0.6 is 0 Å². The van der Waals surface area contributed by atoms with Gasteiger partial charge in [0.1, 0.15) is 5.56 Å². The highest BCUT2D eigenvalue weighted by molar-refractivity contribution is 5.94. The molecule has 3 rings (SSSR count). The lowest BCUT2D eigenvalue weighted by atomic mass is 10.0. The average Bonchev–Trinajstić information content (AvgIpc) is 2.89. The standard InChI is InChI=1S/C16H20N4O2/c1-9-7-12(15(21)19(4)11(9)3)16(22)20-6-5-14-13(8-20)10(2)17-18-14/h7H,5-6,8H2,1-4H3,(H,17,18). The van der Waals surface area contributed by atoms with E-state index in [4.69, 9.17) is 0 Å². The molecule has 3 heterocycles. The van der Waals surface area contributed by atoms with Crippen molar-refractivity contribution in [2.75, 3.05) is 6.54 Å². The van der Waals surface area contributed by atoms with Crippen molar-refractivity contribution in [2.45, 2.75) is 33.7 Å². The van der Waals surface area contributed by atoms with Crippen LogP contribution < -0.4 is 5.56 Å². The minimum absolute atomic E-state index is 0.199. The van der Waals surface area contributed by atoms with Crippen LogP contribution in [-0.2, 0) is 20.0 Å². The Labute approximate surface area is 128 Å². The van der Waals surface area contributed by atoms with Gasteiger partial charge in [-0.25, -0.2) is 0 Å². The van der Waals surface area contributed by atoms with Crippen LogP contribution in [0, 0.1) is 20.8 Å². The van der Waals surface area contributed by atoms with E-state index in [1.807, 2.05) is 20.8 Å². The molecule has 1 aliphatic rings. The molecule has 1 amide bonds. The zero-order valence-electron chi connectivity index (χ0n) is 13.4. The first kappa shape index (κ1) is 14.6. The lowest BCUT2D eigenvalue weighted by Gasteiger charge is -2.27. The molecule has 2 aromatic rings. The van der Waals surface area contributed by atoms with Crippen LogP contribution in [0.3, 0.4) is 0 Å². The lowest BCUT2D eigenvalue weighted by molar-refractivity contribution is 0.0731. The van der Waals surface area contributed by atoms with Gasteiger partial charge < -0.3 is 9.47 Å². The molecule has 22 heavy (non-hydrogen) atoms. The summed E-state index contributed by atoms with van der Waals surface area (Å²) in [6.07, 6.45) is 0.719. The van der Waals surface area contributed by atoms with E-state index in [1.54, 1.807) is 22.6 Å². The van der Waals surface area contributed by atoms with E-state index < -0.39 is 0 Å². The number of hydrogen-bond acceptors (Lipinski definition) is 3. The van der Waals surface area contributed by atoms with Gasteiger partial charge in [0.2, 0.25) is 0 Å². The highest BCUT2D eigenvalue weighted by atomic mass is 16.2. The van der Waals surface area contributed by atoms with Crippen LogP contribution in [0.15, 0.2) is 10.9 Å². The number of carbonyl (C=O) groups excluding carboxylic acids is 1. The minimum atomic E-state index is -0.234. The number of carbonyl (C=O) groups is 1. The molecule has 0 unspecified atom stereocenters. The van der Waals surface area contributed by atoms with E-state index in [0.29, 0.717) is 13.1 Å². The first-order chi connectivity index (χ1) is 10.4. The normalized spacial score (nSPS) is 14.1. The first-order valence-electron chi connectivity index (χ1n) is 7.39. The van der Waals surface area contributed by atoms with E-state index in [9.17, 15) is 9.59 Å². The number of pyridine rings is 1. The molecule has 0 aromatic carbocycles. The van der Waals surface area contributed by atoms with E-state index in [-0.39, 0.29) is 17.0 Å². The van der Waals surface area contributed by atoms with Gasteiger partial charge in [-0.15, -0.1) is 0 Å². The topological polar surface area (TPSA) is 71.0 Å². The summed E-state index contributed by atoms with van der Waals surface area (Å²) in [5, 5.41) is 7.21. The largest absolute Gasteiger partial charge is 0.334 e. The number of aryl methyl sites for hydroxylation is 2. The van der Waals surface area contributed by atoms with Crippen molar-refractivity contribution in [2.24, 2.45) is 7.05 Å². The summed E-state index contributed by atoms with van der Waals surface area (Å²) in [6.45, 7) is 6.85. The summed E-state index contributed by atoms with van der Waals surface area (Å²) in [4.78, 5) is 26.9. The van der Waals surface area contributed by atoms with Crippen molar-refractivity contribution < 1.29 is 4.79 Å². The van der Waals surface area contributed by atoms with Crippen LogP contribution in [0.2, 0.25) is 0 Å². The minimum Gasteiger partial charge on any atom is -0.334 e. The molecule has 0 saturated carbocycles. The molecule has 2 aromatic heterocycles. The Morgan fingerprint density at radius 2 is 2.05 bits per heavy atom. The van der Waals surface area contributed by atoms with Crippen molar-refractivity contribution in [1.29, 1.82) is 0 Å². The van der Waals surface area contributed by atoms with Gasteiger partial charge in [0.05, 0.1) is 5.69 Å². The molecule has 1 N–H and O–H groups in total. The number of fused-ring (bicyclic) bond motifs is 1. The monoisotopic (exact) mass is 300 g/mol. The van der Waals surface area contributed by atoms with Crippen LogP contribution in [0.25, 0.3) is 0 Å². The number of rotatable bonds is 1. The first-order valence-corrected chi connectivity index (χ1v) is 7.39. The van der Waals surface area contributed by atoms with E-state index in [0.717, 1.165) is 34.6 Å². The smallest absolute Gasteiger partial charge is 0.263 e. The van der Waals surface area contributed by atoms with Crippen molar-refractivity contribution >= 4 is 5.91 Å². The van der Waals surface area contributed by atoms with Crippen molar-refractivity contribution in [3.05, 3.63) is 50.2 Å². The van der Waals surface area contributed by atoms with Gasteiger partial charge in [0.15, 0.2) is 0 Å². The number of aromatic amines is 1. The third-order valence-corrected chi connectivity index (χ3v) is 4.61. The highest BCUT2D eigenvalue weighted by Crippen LogP contribution is 2.21. The van der Waals surface area contributed by atoms with Gasteiger partial charge >= 0.3 is 0 Å². The molecule has 0 atom stereocenters. The zero-order chi connectivity index (χ0) is 16.0. The average molecular weight is 300 g/mol. The molecule has 1 aliphatic heterocycles. The SMILES string of the molecule is Cc1cc(C(=O)N2CCc3n[nH]c(C)c3C2)c(=O)n(C)c1C. The molecular weight excluding hydrogens is 280 g/mol. The number of aromatic nitrogens is 3. The molecule has 0 aliphatic carbocycles. The maximum absolute atomic E-state index is 12.8. The molecule has 6 heteroatoms. The molecule has 6 nitrogen and oxygen atoms in total. The predicted molar refractivity (Wildman–Crippen MR) is 82.9 cm³/mol. The van der Waals surface area contributed by atoms with Gasteiger partial charge in [-0.3, -0.25) is 14.7 Å². The summed E-state index contributed by atoms with van der Waals surface area (Å²) >= 11 is 0. The lowest BCUT2D eigenvalue weighted by Crippen LogP contribution is -2.40. The van der Waals surface area contributed by atoms with Gasteiger partial charge in [0, 0.05) is 43.5 Å². The highest BCUT2D eigenvalue weighted by Gasteiger charge is 2.26. The molecule has 0 fully saturated rings. The van der Waals surface area contributed by atoms with E-state index in [1.165, 1.54) is 0 Å². The van der Waals surface area contributed by atoms with Crippen LogP contribution in [0.1, 0.15) is 38.6 Å². The second-order valence-corrected chi connectivity index (χ2v) is 5.94. The van der Waals surface area contributed by atoms with E-state index in [2.05, 4.69) is 10.2 Å². The maximum atomic E-state index is 12.8. The Balaban J connectivity index is 1.96. The fourth-order valence-electron chi connectivity index (χ4n) is 2.91. The van der Waals surface area contributed by atoms with Crippen molar-refractivity contribution in [1.82, 2.24) is 19.7 Å². The van der Waals surface area contributed by atoms with E-state index >= 15 is 0 Å². The van der Waals surface area contributed by atoms with Crippen molar-refractivity contribution in [3.8, 4) is 0 Å². The Hall–Kier alpha value is -2.37. The summed E-state index contributed by atoms with van der Waals surface area (Å²) in [7, 11) is 1.70. The van der Waals surface area contributed by atoms with Gasteiger partial charge in [-0.1, -0.05) is 0 Å². The quantitative estimate of drug-likeness (QED) is 0.861. The van der Waals surface area contributed by atoms with Crippen LogP contribution in [0.4, 0.5) is 0 Å². The fourth-order valence-corrected chi connectivity index (χ4v) is 2.91. The Morgan fingerprint density at radius 3 is 2.77 bits per heavy atom. The molecule has 0 bridgehead atoms. The Kier molecular flexibility index (Phi) is 3.39. The number of nitrogens with one attached hydrogen (secondary N) is 1. The van der Waals surface area contributed by atoms with Gasteiger partial charge in [0.25, 0.3) is 11.5 Å². The number of hydrogen-bond donors (Lipinski definition) is 1. The third-order valence-electron chi connectivity index (χ3n) is 4.61. The molecule has 116 valence electrons. The van der Waals surface area contributed by atoms with Crippen molar-refractivity contribution in [3.63, 3.8) is 0 Å². The number of nitrogens with zero attached hydrogens (tertiary/aromatic N) is 3.